The third-order valence-corrected chi connectivity index (χ3v) is 4.91. The van der Waals surface area contributed by atoms with Crippen molar-refractivity contribution in [2.24, 2.45) is 0 Å². The standard InChI is InChI=1S/C19H16N2/c1-21-18-9-5-3-7-13(18)15-10-17-14(11-19(15)21)12-6-2-4-8-16(12)20-17/h2-6,8-11,13,20H,7H2,1H3. The molecule has 1 unspecified atom stereocenters. The third-order valence-electron chi connectivity index (χ3n) is 4.91. The number of H-pyrrole nitrogens is 1. The Bertz CT molecular complexity index is 943. The second-order valence-electron chi connectivity index (χ2n) is 5.99. The summed E-state index contributed by atoms with van der Waals surface area (Å²) < 4.78 is 0. The van der Waals surface area contributed by atoms with Gasteiger partial charge in [-0.2, -0.15) is 0 Å². The van der Waals surface area contributed by atoms with E-state index in [0.717, 1.165) is 6.42 Å². The van der Waals surface area contributed by atoms with Crippen molar-refractivity contribution in [1.29, 1.82) is 0 Å². The number of rotatable bonds is 0. The first-order valence-corrected chi connectivity index (χ1v) is 7.48. The molecule has 5 rings (SSSR count). The van der Waals surface area contributed by atoms with E-state index < -0.39 is 0 Å². The molecule has 0 saturated heterocycles. The van der Waals surface area contributed by atoms with Crippen LogP contribution in [0.2, 0.25) is 0 Å². The molecule has 3 aromatic rings. The minimum atomic E-state index is 0.519. The van der Waals surface area contributed by atoms with E-state index in [1.54, 1.807) is 0 Å². The second-order valence-corrected chi connectivity index (χ2v) is 5.99. The zero-order valence-electron chi connectivity index (χ0n) is 11.9. The lowest BCUT2D eigenvalue weighted by Gasteiger charge is -2.19. The highest BCUT2D eigenvalue weighted by molar-refractivity contribution is 6.09. The van der Waals surface area contributed by atoms with Gasteiger partial charge in [-0.3, -0.25) is 0 Å². The fraction of sp³-hybridized carbons (Fsp3) is 0.158. The summed E-state index contributed by atoms with van der Waals surface area (Å²) in [5.74, 6) is 0.519. The number of hydrogen-bond donors (Lipinski definition) is 1. The lowest BCUT2D eigenvalue weighted by molar-refractivity contribution is 0.812. The molecule has 2 aromatic carbocycles. The van der Waals surface area contributed by atoms with E-state index in [2.05, 4.69) is 71.6 Å². The van der Waals surface area contributed by atoms with Crippen LogP contribution < -0.4 is 4.90 Å². The molecule has 0 fully saturated rings. The monoisotopic (exact) mass is 272 g/mol. The molecule has 1 aliphatic carbocycles. The fourth-order valence-corrected chi connectivity index (χ4v) is 3.86. The van der Waals surface area contributed by atoms with Crippen LogP contribution in [0.3, 0.4) is 0 Å². The highest BCUT2D eigenvalue weighted by atomic mass is 15.1. The summed E-state index contributed by atoms with van der Waals surface area (Å²) in [6, 6.07) is 13.2. The largest absolute Gasteiger partial charge is 0.354 e. The summed E-state index contributed by atoms with van der Waals surface area (Å²) in [5, 5.41) is 2.63. The predicted octanol–water partition coefficient (Wildman–Crippen LogP) is 4.70. The molecule has 2 nitrogen and oxygen atoms in total. The molecular formula is C19H16N2. The minimum Gasteiger partial charge on any atom is -0.354 e. The zero-order chi connectivity index (χ0) is 14.0. The number of anilines is 1. The number of likely N-dealkylation sites (N-methyl/N-ethyl adjacent to an activating group) is 1. The first-order valence-electron chi connectivity index (χ1n) is 7.48. The van der Waals surface area contributed by atoms with Gasteiger partial charge >= 0.3 is 0 Å². The van der Waals surface area contributed by atoms with E-state index in [1.807, 2.05) is 0 Å². The summed E-state index contributed by atoms with van der Waals surface area (Å²) >= 11 is 0. The maximum absolute atomic E-state index is 3.56. The molecule has 2 heterocycles. The fourth-order valence-electron chi connectivity index (χ4n) is 3.86. The first kappa shape index (κ1) is 11.2. The van der Waals surface area contributed by atoms with Gasteiger partial charge in [0.15, 0.2) is 0 Å². The first-order chi connectivity index (χ1) is 10.3. The van der Waals surface area contributed by atoms with Crippen LogP contribution in [0.4, 0.5) is 5.69 Å². The van der Waals surface area contributed by atoms with Crippen LogP contribution >= 0.6 is 0 Å². The van der Waals surface area contributed by atoms with Crippen LogP contribution in [-0.2, 0) is 0 Å². The van der Waals surface area contributed by atoms with Crippen molar-refractivity contribution in [3.05, 3.63) is 65.9 Å². The smallest absolute Gasteiger partial charge is 0.0469 e. The maximum Gasteiger partial charge on any atom is 0.0469 e. The number of nitrogens with zero attached hydrogens (tertiary/aromatic N) is 1. The van der Waals surface area contributed by atoms with E-state index in [4.69, 9.17) is 0 Å². The average Bonchev–Trinajstić information content (AvgIpc) is 3.02. The van der Waals surface area contributed by atoms with Gasteiger partial charge in [0.1, 0.15) is 0 Å². The minimum absolute atomic E-state index is 0.519. The van der Waals surface area contributed by atoms with Crippen molar-refractivity contribution < 1.29 is 0 Å². The number of aromatic nitrogens is 1. The van der Waals surface area contributed by atoms with Crippen LogP contribution in [0.25, 0.3) is 21.8 Å². The second kappa shape index (κ2) is 3.79. The molecule has 1 atom stereocenters. The van der Waals surface area contributed by atoms with Gasteiger partial charge in [-0.1, -0.05) is 30.4 Å². The van der Waals surface area contributed by atoms with Crippen molar-refractivity contribution in [3.63, 3.8) is 0 Å². The van der Waals surface area contributed by atoms with Crippen LogP contribution in [0.5, 0.6) is 0 Å². The summed E-state index contributed by atoms with van der Waals surface area (Å²) in [6.45, 7) is 0. The Balaban J connectivity index is 1.85. The van der Waals surface area contributed by atoms with Crippen LogP contribution in [0.15, 0.2) is 60.3 Å². The van der Waals surface area contributed by atoms with Gasteiger partial charge in [-0.25, -0.2) is 0 Å². The lowest BCUT2D eigenvalue weighted by Crippen LogP contribution is -2.14. The van der Waals surface area contributed by atoms with Crippen LogP contribution in [-0.4, -0.2) is 12.0 Å². The van der Waals surface area contributed by atoms with Crippen molar-refractivity contribution in [1.82, 2.24) is 4.98 Å². The molecule has 0 amide bonds. The number of benzene rings is 2. The number of nitrogens with one attached hydrogen (secondary N) is 1. The molecule has 0 saturated carbocycles. The maximum atomic E-state index is 3.56. The number of allylic oxidation sites excluding steroid dienone is 4. The van der Waals surface area contributed by atoms with Gasteiger partial charge in [-0.15, -0.1) is 0 Å². The van der Waals surface area contributed by atoms with Gasteiger partial charge in [0.05, 0.1) is 0 Å². The van der Waals surface area contributed by atoms with Crippen molar-refractivity contribution in [2.45, 2.75) is 12.3 Å². The highest BCUT2D eigenvalue weighted by Gasteiger charge is 2.32. The molecule has 21 heavy (non-hydrogen) atoms. The Labute approximate surface area is 123 Å². The molecule has 1 N–H and O–H groups in total. The molecule has 102 valence electrons. The topological polar surface area (TPSA) is 19.0 Å². The van der Waals surface area contributed by atoms with E-state index in [1.165, 1.54) is 38.8 Å². The van der Waals surface area contributed by atoms with Crippen LogP contribution in [0, 0.1) is 0 Å². The van der Waals surface area contributed by atoms with Crippen molar-refractivity contribution in [2.75, 3.05) is 11.9 Å². The van der Waals surface area contributed by atoms with Gasteiger partial charge in [0.25, 0.3) is 0 Å². The van der Waals surface area contributed by atoms with E-state index in [0.29, 0.717) is 5.92 Å². The summed E-state index contributed by atoms with van der Waals surface area (Å²) in [6.07, 6.45) is 7.80. The molecule has 0 spiro atoms. The average molecular weight is 272 g/mol. The quantitative estimate of drug-likeness (QED) is 0.628. The van der Waals surface area contributed by atoms with Crippen LogP contribution in [0.1, 0.15) is 17.9 Å². The number of fused-ring (bicyclic) bond motifs is 6. The Kier molecular flexibility index (Phi) is 2.02. The summed E-state index contributed by atoms with van der Waals surface area (Å²) in [5.41, 5.74) is 6.70. The molecular weight excluding hydrogens is 256 g/mol. The van der Waals surface area contributed by atoms with Gasteiger partial charge in [0, 0.05) is 46.2 Å². The van der Waals surface area contributed by atoms with Crippen molar-refractivity contribution in [3.8, 4) is 0 Å². The predicted molar refractivity (Wildman–Crippen MR) is 88.8 cm³/mol. The summed E-state index contributed by atoms with van der Waals surface area (Å²) in [4.78, 5) is 5.91. The highest BCUT2D eigenvalue weighted by Crippen LogP contribution is 2.48. The van der Waals surface area contributed by atoms with Gasteiger partial charge in [-0.05, 0) is 36.3 Å². The van der Waals surface area contributed by atoms with E-state index in [9.17, 15) is 0 Å². The van der Waals surface area contributed by atoms with Gasteiger partial charge < -0.3 is 9.88 Å². The molecule has 0 bridgehead atoms. The van der Waals surface area contributed by atoms with Gasteiger partial charge in [0.2, 0.25) is 0 Å². The Morgan fingerprint density at radius 2 is 2.00 bits per heavy atom. The Morgan fingerprint density at radius 3 is 2.95 bits per heavy atom. The number of para-hydroxylation sites is 1. The normalized spacial score (nSPS) is 20.0. The molecule has 2 aliphatic rings. The Morgan fingerprint density at radius 1 is 1.10 bits per heavy atom. The summed E-state index contributed by atoms with van der Waals surface area (Å²) in [7, 11) is 2.19. The lowest BCUT2D eigenvalue weighted by atomic mass is 9.91. The third kappa shape index (κ3) is 1.37. The Hall–Kier alpha value is -2.48. The SMILES string of the molecule is CN1C2=CC=CCC2c2cc3[nH]c4ccccc4c3cc21. The van der Waals surface area contributed by atoms with E-state index in [-0.39, 0.29) is 0 Å². The number of aromatic amines is 1. The number of hydrogen-bond acceptors (Lipinski definition) is 1. The molecule has 0 radical (unpaired) electrons. The molecule has 1 aromatic heterocycles. The zero-order valence-corrected chi connectivity index (χ0v) is 11.9. The molecule has 1 aliphatic heterocycles. The van der Waals surface area contributed by atoms with E-state index >= 15 is 0 Å². The molecule has 2 heteroatoms. The van der Waals surface area contributed by atoms with Crippen molar-refractivity contribution >= 4 is 27.5 Å².